The lowest BCUT2D eigenvalue weighted by atomic mass is 9.80. The quantitative estimate of drug-likeness (QED) is 0.369. The third-order valence-electron chi connectivity index (χ3n) is 2.59. The summed E-state index contributed by atoms with van der Waals surface area (Å²) in [7, 11) is 0. The van der Waals surface area contributed by atoms with Gasteiger partial charge in [-0.25, -0.2) is 0 Å². The number of nitrogens with zero attached hydrogens (tertiary/aromatic N) is 1. The first-order chi connectivity index (χ1) is 5.35. The number of hydrazone groups is 1. The Balaban J connectivity index is 1.72. The third-order valence-corrected chi connectivity index (χ3v) is 2.59. The molecule has 0 aromatic carbocycles. The van der Waals surface area contributed by atoms with Crippen LogP contribution in [0.5, 0.6) is 0 Å². The minimum absolute atomic E-state index is 0.745. The molecule has 2 heteroatoms. The highest BCUT2D eigenvalue weighted by atomic mass is 15.3. The SMILES string of the molecule is C=CCNN=C1CC2(CC2)C1. The number of nitrogens with one attached hydrogen (secondary N) is 1. The molecule has 0 aliphatic heterocycles. The van der Waals surface area contributed by atoms with Crippen molar-refractivity contribution in [2.75, 3.05) is 6.54 Å². The van der Waals surface area contributed by atoms with Gasteiger partial charge in [0.1, 0.15) is 0 Å². The third kappa shape index (κ3) is 1.30. The largest absolute Gasteiger partial charge is 0.306 e. The Morgan fingerprint density at radius 1 is 1.55 bits per heavy atom. The molecule has 2 fully saturated rings. The maximum atomic E-state index is 4.25. The van der Waals surface area contributed by atoms with Crippen LogP contribution in [-0.4, -0.2) is 12.3 Å². The number of hydrogen-bond acceptors (Lipinski definition) is 2. The van der Waals surface area contributed by atoms with Gasteiger partial charge in [0.2, 0.25) is 0 Å². The van der Waals surface area contributed by atoms with E-state index in [2.05, 4.69) is 17.1 Å². The molecule has 0 saturated heterocycles. The minimum atomic E-state index is 0.745. The monoisotopic (exact) mass is 150 g/mol. The zero-order valence-electron chi connectivity index (χ0n) is 6.77. The highest BCUT2D eigenvalue weighted by Crippen LogP contribution is 2.59. The molecule has 0 aromatic rings. The molecule has 2 saturated carbocycles. The molecule has 2 rings (SSSR count). The van der Waals surface area contributed by atoms with Gasteiger partial charge in [0.25, 0.3) is 0 Å². The normalized spacial score (nSPS) is 24.2. The van der Waals surface area contributed by atoms with Crippen LogP contribution in [0.15, 0.2) is 17.8 Å². The van der Waals surface area contributed by atoms with Crippen molar-refractivity contribution in [1.29, 1.82) is 0 Å². The second-order valence-electron chi connectivity index (χ2n) is 3.68. The molecule has 0 aromatic heterocycles. The van der Waals surface area contributed by atoms with Gasteiger partial charge in [0.15, 0.2) is 0 Å². The second kappa shape index (κ2) is 2.36. The molecule has 0 unspecified atom stereocenters. The van der Waals surface area contributed by atoms with Crippen molar-refractivity contribution >= 4 is 5.71 Å². The van der Waals surface area contributed by atoms with Crippen molar-refractivity contribution in [3.63, 3.8) is 0 Å². The molecule has 0 bridgehead atoms. The van der Waals surface area contributed by atoms with Gasteiger partial charge in [0, 0.05) is 5.71 Å². The van der Waals surface area contributed by atoms with Crippen molar-refractivity contribution < 1.29 is 0 Å². The van der Waals surface area contributed by atoms with Crippen molar-refractivity contribution in [1.82, 2.24) is 5.43 Å². The van der Waals surface area contributed by atoms with Gasteiger partial charge in [-0.05, 0) is 31.1 Å². The number of hydrogen-bond donors (Lipinski definition) is 1. The predicted molar refractivity (Wildman–Crippen MR) is 46.5 cm³/mol. The smallest absolute Gasteiger partial charge is 0.0507 e. The first kappa shape index (κ1) is 6.89. The van der Waals surface area contributed by atoms with Crippen LogP contribution in [0.2, 0.25) is 0 Å². The van der Waals surface area contributed by atoms with Crippen molar-refractivity contribution in [2.45, 2.75) is 25.7 Å². The van der Waals surface area contributed by atoms with Gasteiger partial charge in [-0.1, -0.05) is 6.08 Å². The van der Waals surface area contributed by atoms with Gasteiger partial charge in [-0.3, -0.25) is 0 Å². The van der Waals surface area contributed by atoms with Crippen molar-refractivity contribution in [3.8, 4) is 0 Å². The lowest BCUT2D eigenvalue weighted by Gasteiger charge is -2.27. The van der Waals surface area contributed by atoms with E-state index in [1.807, 2.05) is 6.08 Å². The Labute approximate surface area is 67.4 Å². The fourth-order valence-electron chi connectivity index (χ4n) is 1.65. The van der Waals surface area contributed by atoms with E-state index in [1.165, 1.54) is 31.4 Å². The van der Waals surface area contributed by atoms with Crippen LogP contribution < -0.4 is 5.43 Å². The Bertz CT molecular complexity index is 192. The molecule has 11 heavy (non-hydrogen) atoms. The summed E-state index contributed by atoms with van der Waals surface area (Å²) >= 11 is 0. The van der Waals surface area contributed by atoms with E-state index < -0.39 is 0 Å². The molecule has 0 radical (unpaired) electrons. The Morgan fingerprint density at radius 2 is 2.27 bits per heavy atom. The summed E-state index contributed by atoms with van der Waals surface area (Å²) in [5.74, 6) is 0. The summed E-state index contributed by atoms with van der Waals surface area (Å²) in [6, 6.07) is 0. The second-order valence-corrected chi connectivity index (χ2v) is 3.68. The van der Waals surface area contributed by atoms with Gasteiger partial charge in [0.05, 0.1) is 6.54 Å². The van der Waals surface area contributed by atoms with E-state index in [4.69, 9.17) is 0 Å². The molecule has 0 heterocycles. The fraction of sp³-hybridized carbons (Fsp3) is 0.667. The van der Waals surface area contributed by atoms with Crippen molar-refractivity contribution in [3.05, 3.63) is 12.7 Å². The van der Waals surface area contributed by atoms with E-state index in [9.17, 15) is 0 Å². The van der Waals surface area contributed by atoms with Crippen LogP contribution in [0.25, 0.3) is 0 Å². The molecular weight excluding hydrogens is 136 g/mol. The first-order valence-corrected chi connectivity index (χ1v) is 4.24. The highest BCUT2D eigenvalue weighted by Gasteiger charge is 2.51. The van der Waals surface area contributed by atoms with Crippen LogP contribution >= 0.6 is 0 Å². The topological polar surface area (TPSA) is 24.4 Å². The molecule has 2 nitrogen and oxygen atoms in total. The van der Waals surface area contributed by atoms with E-state index in [0.29, 0.717) is 0 Å². The van der Waals surface area contributed by atoms with E-state index in [0.717, 1.165) is 12.0 Å². The summed E-state index contributed by atoms with van der Waals surface area (Å²) in [5, 5.41) is 4.25. The van der Waals surface area contributed by atoms with Crippen LogP contribution in [0.4, 0.5) is 0 Å². The average Bonchev–Trinajstić information content (AvgIpc) is 2.66. The molecule has 2 aliphatic rings. The predicted octanol–water partition coefficient (Wildman–Crippen LogP) is 1.69. The van der Waals surface area contributed by atoms with Gasteiger partial charge in [-0.2, -0.15) is 5.10 Å². The molecule has 2 aliphatic carbocycles. The summed E-state index contributed by atoms with van der Waals surface area (Å²) in [6.07, 6.45) is 7.20. The highest BCUT2D eigenvalue weighted by molar-refractivity contribution is 5.92. The summed E-state index contributed by atoms with van der Waals surface area (Å²) in [6.45, 7) is 4.40. The van der Waals surface area contributed by atoms with E-state index >= 15 is 0 Å². The maximum Gasteiger partial charge on any atom is 0.0507 e. The average molecular weight is 150 g/mol. The molecule has 1 spiro atoms. The van der Waals surface area contributed by atoms with Crippen LogP contribution in [0, 0.1) is 5.41 Å². The lowest BCUT2D eigenvalue weighted by molar-refractivity contribution is 0.475. The first-order valence-electron chi connectivity index (χ1n) is 4.24. The fourth-order valence-corrected chi connectivity index (χ4v) is 1.65. The van der Waals surface area contributed by atoms with Crippen LogP contribution in [0.3, 0.4) is 0 Å². The lowest BCUT2D eigenvalue weighted by Crippen LogP contribution is -2.27. The zero-order valence-corrected chi connectivity index (χ0v) is 6.77. The molecule has 1 N–H and O–H groups in total. The van der Waals surface area contributed by atoms with Gasteiger partial charge >= 0.3 is 0 Å². The zero-order chi connectivity index (χ0) is 7.73. The molecular formula is C9H14N2. The van der Waals surface area contributed by atoms with Crippen LogP contribution in [-0.2, 0) is 0 Å². The van der Waals surface area contributed by atoms with Crippen molar-refractivity contribution in [2.24, 2.45) is 10.5 Å². The maximum absolute atomic E-state index is 4.25. The Kier molecular flexibility index (Phi) is 1.48. The number of rotatable bonds is 3. The Morgan fingerprint density at radius 3 is 2.82 bits per heavy atom. The van der Waals surface area contributed by atoms with Crippen LogP contribution in [0.1, 0.15) is 25.7 Å². The Hall–Kier alpha value is -0.790. The molecule has 60 valence electrons. The van der Waals surface area contributed by atoms with E-state index in [1.54, 1.807) is 0 Å². The summed E-state index contributed by atoms with van der Waals surface area (Å²) in [4.78, 5) is 0. The van der Waals surface area contributed by atoms with E-state index in [-0.39, 0.29) is 0 Å². The summed E-state index contributed by atoms with van der Waals surface area (Å²) in [5.41, 5.74) is 5.07. The summed E-state index contributed by atoms with van der Waals surface area (Å²) < 4.78 is 0. The van der Waals surface area contributed by atoms with Gasteiger partial charge in [-0.15, -0.1) is 6.58 Å². The minimum Gasteiger partial charge on any atom is -0.306 e. The van der Waals surface area contributed by atoms with Gasteiger partial charge < -0.3 is 5.43 Å². The molecule has 0 amide bonds. The standard InChI is InChI=1S/C9H14N2/c1-2-5-10-11-8-6-9(7-8)3-4-9/h2,10H,1,3-7H2. The molecule has 0 atom stereocenters.